The van der Waals surface area contributed by atoms with Crippen molar-refractivity contribution in [1.82, 2.24) is 15.1 Å². The second kappa shape index (κ2) is 9.53. The number of halogens is 1. The monoisotopic (exact) mass is 437 g/mol. The summed E-state index contributed by atoms with van der Waals surface area (Å²) in [5.41, 5.74) is 0.551. The fourth-order valence-corrected chi connectivity index (χ4v) is 3.96. The predicted octanol–water partition coefficient (Wildman–Crippen LogP) is 5.65. The van der Waals surface area contributed by atoms with E-state index in [1.807, 2.05) is 19.1 Å². The van der Waals surface area contributed by atoms with Crippen LogP contribution in [-0.4, -0.2) is 27.5 Å². The summed E-state index contributed by atoms with van der Waals surface area (Å²) in [6.45, 7) is 2.74. The van der Waals surface area contributed by atoms with Crippen molar-refractivity contribution in [2.75, 3.05) is 6.54 Å². The molecule has 0 N–H and O–H groups in total. The number of benzene rings is 1. The number of thiophene rings is 1. The number of furan rings is 1. The van der Waals surface area contributed by atoms with Crippen molar-refractivity contribution in [2.45, 2.75) is 19.9 Å². The van der Waals surface area contributed by atoms with E-state index in [4.69, 9.17) is 8.83 Å². The summed E-state index contributed by atoms with van der Waals surface area (Å²) in [5, 5.41) is 7.98. The van der Waals surface area contributed by atoms with Crippen LogP contribution in [0.1, 0.15) is 24.1 Å². The minimum absolute atomic E-state index is 0.166. The molecule has 4 rings (SSSR count). The van der Waals surface area contributed by atoms with E-state index in [1.165, 1.54) is 29.7 Å². The smallest absolute Gasteiger partial charge is 0.283 e. The standard InChI is InChI=1S/C23H20FN3O3S/c1-2-13-27(15-21-25-26-23(30-21)19-8-5-14-29-19)22(28)12-10-16-9-11-20(31-16)17-6-3-4-7-18(17)24/h3-12,14H,2,13,15H2,1H3. The number of carbonyl (C=O) groups excluding carboxylic acids is 1. The highest BCUT2D eigenvalue weighted by Gasteiger charge is 2.17. The van der Waals surface area contributed by atoms with Gasteiger partial charge in [0.2, 0.25) is 11.8 Å². The van der Waals surface area contributed by atoms with Crippen molar-refractivity contribution in [3.63, 3.8) is 0 Å². The highest BCUT2D eigenvalue weighted by molar-refractivity contribution is 7.16. The van der Waals surface area contributed by atoms with E-state index < -0.39 is 0 Å². The molecule has 0 bridgehead atoms. The average Bonchev–Trinajstić information content (AvgIpc) is 3.53. The molecule has 1 aromatic carbocycles. The number of nitrogens with zero attached hydrogens (tertiary/aromatic N) is 3. The van der Waals surface area contributed by atoms with Gasteiger partial charge >= 0.3 is 0 Å². The SMILES string of the molecule is CCCN(Cc1nnc(-c2ccco2)o1)C(=O)C=Cc1ccc(-c2ccccc2F)s1. The number of amides is 1. The van der Waals surface area contributed by atoms with Gasteiger partial charge in [-0.25, -0.2) is 4.39 Å². The first-order valence-electron chi connectivity index (χ1n) is 9.82. The third-order valence-electron chi connectivity index (χ3n) is 4.49. The van der Waals surface area contributed by atoms with Crippen LogP contribution in [0.2, 0.25) is 0 Å². The van der Waals surface area contributed by atoms with Crippen molar-refractivity contribution in [3.8, 4) is 22.1 Å². The Kier molecular flexibility index (Phi) is 6.37. The molecule has 158 valence electrons. The van der Waals surface area contributed by atoms with E-state index in [9.17, 15) is 9.18 Å². The first-order chi connectivity index (χ1) is 15.1. The van der Waals surface area contributed by atoms with Gasteiger partial charge in [0, 0.05) is 27.9 Å². The maximum atomic E-state index is 14.0. The Balaban J connectivity index is 1.44. The normalized spacial score (nSPS) is 11.3. The molecule has 4 aromatic rings. The molecule has 0 radical (unpaired) electrons. The zero-order valence-corrected chi connectivity index (χ0v) is 17.6. The summed E-state index contributed by atoms with van der Waals surface area (Å²) in [5.74, 6) is 0.660. The molecule has 0 saturated heterocycles. The molecule has 1 amide bonds. The summed E-state index contributed by atoms with van der Waals surface area (Å²) in [6.07, 6.45) is 5.56. The van der Waals surface area contributed by atoms with Gasteiger partial charge < -0.3 is 13.7 Å². The maximum absolute atomic E-state index is 14.0. The molecule has 6 nitrogen and oxygen atoms in total. The lowest BCUT2D eigenvalue weighted by Gasteiger charge is -2.18. The van der Waals surface area contributed by atoms with Crippen LogP contribution in [0, 0.1) is 5.82 Å². The van der Waals surface area contributed by atoms with Crippen LogP contribution in [0.3, 0.4) is 0 Å². The number of aromatic nitrogens is 2. The van der Waals surface area contributed by atoms with Crippen LogP contribution in [0.5, 0.6) is 0 Å². The molecule has 0 fully saturated rings. The second-order valence-electron chi connectivity index (χ2n) is 6.75. The molecule has 3 aromatic heterocycles. The first-order valence-corrected chi connectivity index (χ1v) is 10.6. The topological polar surface area (TPSA) is 72.4 Å². The minimum atomic E-state index is -0.265. The number of hydrogen-bond acceptors (Lipinski definition) is 6. The lowest BCUT2D eigenvalue weighted by molar-refractivity contribution is -0.126. The third kappa shape index (κ3) is 4.97. The van der Waals surface area contributed by atoms with E-state index in [0.717, 1.165) is 16.2 Å². The van der Waals surface area contributed by atoms with Gasteiger partial charge in [-0.15, -0.1) is 21.5 Å². The summed E-state index contributed by atoms with van der Waals surface area (Å²) in [7, 11) is 0. The number of carbonyl (C=O) groups is 1. The van der Waals surface area contributed by atoms with Crippen LogP contribution >= 0.6 is 11.3 Å². The van der Waals surface area contributed by atoms with E-state index in [-0.39, 0.29) is 24.2 Å². The second-order valence-corrected chi connectivity index (χ2v) is 7.87. The van der Waals surface area contributed by atoms with E-state index in [1.54, 1.807) is 41.3 Å². The van der Waals surface area contributed by atoms with Gasteiger partial charge in [0.15, 0.2) is 5.76 Å². The molecule has 31 heavy (non-hydrogen) atoms. The molecule has 0 atom stereocenters. The molecule has 0 spiro atoms. The average molecular weight is 437 g/mol. The van der Waals surface area contributed by atoms with Crippen molar-refractivity contribution in [2.24, 2.45) is 0 Å². The van der Waals surface area contributed by atoms with Gasteiger partial charge in [0.25, 0.3) is 5.89 Å². The highest BCUT2D eigenvalue weighted by Crippen LogP contribution is 2.30. The molecule has 0 unspecified atom stereocenters. The predicted molar refractivity (Wildman–Crippen MR) is 116 cm³/mol. The van der Waals surface area contributed by atoms with Crippen LogP contribution in [0.25, 0.3) is 28.2 Å². The Morgan fingerprint density at radius 1 is 1.16 bits per heavy atom. The molecule has 8 heteroatoms. The van der Waals surface area contributed by atoms with Crippen molar-refractivity contribution in [3.05, 3.63) is 77.5 Å². The maximum Gasteiger partial charge on any atom is 0.283 e. The Morgan fingerprint density at radius 3 is 2.81 bits per heavy atom. The Hall–Kier alpha value is -3.52. The molecule has 0 saturated carbocycles. The van der Waals surface area contributed by atoms with Gasteiger partial charge in [-0.2, -0.15) is 0 Å². The summed E-state index contributed by atoms with van der Waals surface area (Å²) < 4.78 is 24.9. The van der Waals surface area contributed by atoms with Gasteiger partial charge in [-0.3, -0.25) is 4.79 Å². The molecule has 0 aliphatic heterocycles. The summed E-state index contributed by atoms with van der Waals surface area (Å²) in [4.78, 5) is 16.1. The van der Waals surface area contributed by atoms with Gasteiger partial charge in [-0.1, -0.05) is 25.1 Å². The highest BCUT2D eigenvalue weighted by atomic mass is 32.1. The van der Waals surface area contributed by atoms with E-state index in [2.05, 4.69) is 10.2 Å². The number of rotatable bonds is 8. The van der Waals surface area contributed by atoms with Crippen molar-refractivity contribution in [1.29, 1.82) is 0 Å². The summed E-state index contributed by atoms with van der Waals surface area (Å²) in [6, 6.07) is 13.8. The Bertz CT molecular complexity index is 1180. The van der Waals surface area contributed by atoms with Crippen LogP contribution < -0.4 is 0 Å². The minimum Gasteiger partial charge on any atom is -0.459 e. The zero-order chi connectivity index (χ0) is 21.6. The van der Waals surface area contributed by atoms with Gasteiger partial charge in [0.05, 0.1) is 12.8 Å². The largest absolute Gasteiger partial charge is 0.459 e. The summed E-state index contributed by atoms with van der Waals surface area (Å²) >= 11 is 1.42. The third-order valence-corrected chi connectivity index (χ3v) is 5.57. The molecule has 3 heterocycles. The fraction of sp³-hybridized carbons (Fsp3) is 0.174. The van der Waals surface area contributed by atoms with Crippen LogP contribution in [-0.2, 0) is 11.3 Å². The zero-order valence-electron chi connectivity index (χ0n) is 16.8. The molecule has 0 aliphatic rings. The fourth-order valence-electron chi connectivity index (χ4n) is 3.02. The molecule has 0 aliphatic carbocycles. The lowest BCUT2D eigenvalue weighted by atomic mass is 10.2. The molecular weight excluding hydrogens is 417 g/mol. The Morgan fingerprint density at radius 2 is 2.03 bits per heavy atom. The van der Waals surface area contributed by atoms with Gasteiger partial charge in [0.1, 0.15) is 5.82 Å². The van der Waals surface area contributed by atoms with Crippen LogP contribution in [0.4, 0.5) is 4.39 Å². The number of hydrogen-bond donors (Lipinski definition) is 0. The Labute approximate surface area is 182 Å². The van der Waals surface area contributed by atoms with Crippen LogP contribution in [0.15, 0.2) is 69.7 Å². The van der Waals surface area contributed by atoms with E-state index in [0.29, 0.717) is 23.8 Å². The van der Waals surface area contributed by atoms with E-state index >= 15 is 0 Å². The van der Waals surface area contributed by atoms with Crippen molar-refractivity contribution >= 4 is 23.3 Å². The first kappa shape index (κ1) is 20.7. The molecular formula is C23H20FN3O3S. The lowest BCUT2D eigenvalue weighted by Crippen LogP contribution is -2.29. The quantitative estimate of drug-likeness (QED) is 0.333. The van der Waals surface area contributed by atoms with Gasteiger partial charge in [-0.05, 0) is 42.8 Å². The van der Waals surface area contributed by atoms with Crippen molar-refractivity contribution < 1.29 is 18.0 Å².